The second kappa shape index (κ2) is 8.23. The number of rotatable bonds is 6. The first kappa shape index (κ1) is 19.8. The number of carbonyl (C=O) groups is 1. The number of esters is 1. The number of hydrogen-bond acceptors (Lipinski definition) is 4. The molecule has 0 aliphatic carbocycles. The summed E-state index contributed by atoms with van der Waals surface area (Å²) in [6, 6.07) is 8.59. The molecule has 26 heavy (non-hydrogen) atoms. The van der Waals surface area contributed by atoms with Gasteiger partial charge in [-0.05, 0) is 60.4 Å². The van der Waals surface area contributed by atoms with Gasteiger partial charge in [-0.2, -0.15) is 13.2 Å². The number of hydrogen-bond donors (Lipinski definition) is 1. The van der Waals surface area contributed by atoms with E-state index in [9.17, 15) is 18.0 Å². The SMILES string of the molecule is COC(=O)CCc1ccc(Oc2cc(CN)cc(C(F)(F)F)c2)cc1C. The van der Waals surface area contributed by atoms with Crippen molar-refractivity contribution in [3.8, 4) is 11.5 Å². The highest BCUT2D eigenvalue weighted by Crippen LogP contribution is 2.34. The molecule has 0 aromatic heterocycles. The standard InChI is InChI=1S/C19H20F3NO3/c1-12-7-16(5-3-14(12)4-6-18(24)25-2)26-17-9-13(11-23)8-15(10-17)19(20,21)22/h3,5,7-10H,4,6,11,23H2,1-2H3. The highest BCUT2D eigenvalue weighted by atomic mass is 19.4. The van der Waals surface area contributed by atoms with Crippen LogP contribution in [0.25, 0.3) is 0 Å². The molecule has 7 heteroatoms. The lowest BCUT2D eigenvalue weighted by Gasteiger charge is -2.13. The van der Waals surface area contributed by atoms with Crippen LogP contribution < -0.4 is 10.5 Å². The fourth-order valence-corrected chi connectivity index (χ4v) is 2.49. The molecule has 0 saturated heterocycles. The molecule has 0 unspecified atom stereocenters. The second-order valence-electron chi connectivity index (χ2n) is 5.83. The lowest BCUT2D eigenvalue weighted by molar-refractivity contribution is -0.140. The van der Waals surface area contributed by atoms with E-state index in [1.807, 2.05) is 6.92 Å². The Kier molecular flexibility index (Phi) is 6.26. The van der Waals surface area contributed by atoms with E-state index in [2.05, 4.69) is 4.74 Å². The quantitative estimate of drug-likeness (QED) is 0.770. The van der Waals surface area contributed by atoms with Crippen LogP contribution in [0.2, 0.25) is 0 Å². The molecule has 2 rings (SSSR count). The van der Waals surface area contributed by atoms with Crippen molar-refractivity contribution in [2.24, 2.45) is 5.73 Å². The van der Waals surface area contributed by atoms with Crippen LogP contribution in [0, 0.1) is 6.92 Å². The largest absolute Gasteiger partial charge is 0.469 e. The van der Waals surface area contributed by atoms with Gasteiger partial charge in [0.1, 0.15) is 11.5 Å². The van der Waals surface area contributed by atoms with Gasteiger partial charge in [0.15, 0.2) is 0 Å². The van der Waals surface area contributed by atoms with Crippen molar-refractivity contribution in [1.29, 1.82) is 0 Å². The molecular weight excluding hydrogens is 347 g/mol. The first-order valence-corrected chi connectivity index (χ1v) is 7.98. The lowest BCUT2D eigenvalue weighted by Crippen LogP contribution is -2.07. The minimum Gasteiger partial charge on any atom is -0.469 e. The Bertz CT molecular complexity index is 788. The van der Waals surface area contributed by atoms with Crippen LogP contribution in [0.1, 0.15) is 28.7 Å². The topological polar surface area (TPSA) is 61.5 Å². The van der Waals surface area contributed by atoms with Gasteiger partial charge in [-0.1, -0.05) is 6.07 Å². The van der Waals surface area contributed by atoms with E-state index < -0.39 is 11.7 Å². The first-order chi connectivity index (χ1) is 12.2. The molecule has 140 valence electrons. The molecule has 0 amide bonds. The molecule has 0 atom stereocenters. The normalized spacial score (nSPS) is 11.3. The van der Waals surface area contributed by atoms with Crippen LogP contribution in [0.3, 0.4) is 0 Å². The van der Waals surface area contributed by atoms with E-state index in [1.165, 1.54) is 13.2 Å². The summed E-state index contributed by atoms with van der Waals surface area (Å²) in [5.74, 6) is 0.177. The van der Waals surface area contributed by atoms with E-state index in [1.54, 1.807) is 18.2 Å². The van der Waals surface area contributed by atoms with E-state index in [-0.39, 0.29) is 24.7 Å². The van der Waals surface area contributed by atoms with Crippen LogP contribution in [0.4, 0.5) is 13.2 Å². The third-order valence-electron chi connectivity index (χ3n) is 3.91. The number of ether oxygens (including phenoxy) is 2. The molecule has 2 N–H and O–H groups in total. The molecule has 2 aromatic rings. The zero-order chi connectivity index (χ0) is 19.3. The summed E-state index contributed by atoms with van der Waals surface area (Å²) in [4.78, 5) is 11.2. The zero-order valence-electron chi connectivity index (χ0n) is 14.5. The van der Waals surface area contributed by atoms with Crippen molar-refractivity contribution in [2.45, 2.75) is 32.5 Å². The summed E-state index contributed by atoms with van der Waals surface area (Å²) in [5.41, 5.74) is 6.82. The average Bonchev–Trinajstić information content (AvgIpc) is 2.59. The molecular formula is C19H20F3NO3. The second-order valence-corrected chi connectivity index (χ2v) is 5.83. The third kappa shape index (κ3) is 5.23. The zero-order valence-corrected chi connectivity index (χ0v) is 14.5. The van der Waals surface area contributed by atoms with Crippen LogP contribution >= 0.6 is 0 Å². The maximum absolute atomic E-state index is 13.0. The number of nitrogens with two attached hydrogens (primary N) is 1. The predicted molar refractivity (Wildman–Crippen MR) is 90.9 cm³/mol. The minimum atomic E-state index is -4.48. The molecule has 0 saturated carbocycles. The Morgan fingerprint density at radius 3 is 2.42 bits per heavy atom. The van der Waals surface area contributed by atoms with Crippen LogP contribution in [-0.4, -0.2) is 13.1 Å². The average molecular weight is 367 g/mol. The van der Waals surface area contributed by atoms with Gasteiger partial charge in [0.25, 0.3) is 0 Å². The van der Waals surface area contributed by atoms with E-state index in [4.69, 9.17) is 10.5 Å². The van der Waals surface area contributed by atoms with Gasteiger partial charge in [0, 0.05) is 13.0 Å². The number of halogens is 3. The summed E-state index contributed by atoms with van der Waals surface area (Å²) >= 11 is 0. The minimum absolute atomic E-state index is 0.0220. The predicted octanol–water partition coefficient (Wildman–Crippen LogP) is 4.37. The molecule has 0 aliphatic heterocycles. The van der Waals surface area contributed by atoms with Crippen molar-refractivity contribution in [3.05, 3.63) is 58.7 Å². The van der Waals surface area contributed by atoms with Crippen molar-refractivity contribution in [1.82, 2.24) is 0 Å². The molecule has 0 heterocycles. The van der Waals surface area contributed by atoms with Crippen molar-refractivity contribution >= 4 is 5.97 Å². The number of alkyl halides is 3. The Balaban J connectivity index is 2.20. The Morgan fingerprint density at radius 2 is 1.85 bits per heavy atom. The van der Waals surface area contributed by atoms with E-state index in [0.29, 0.717) is 17.7 Å². The molecule has 2 aromatic carbocycles. The fraction of sp³-hybridized carbons (Fsp3) is 0.316. The smallest absolute Gasteiger partial charge is 0.416 e. The van der Waals surface area contributed by atoms with Gasteiger partial charge in [-0.15, -0.1) is 0 Å². The van der Waals surface area contributed by atoms with Gasteiger partial charge in [-0.3, -0.25) is 4.79 Å². The van der Waals surface area contributed by atoms with Crippen molar-refractivity contribution in [2.75, 3.05) is 7.11 Å². The number of methoxy groups -OCH3 is 1. The Labute approximate surface area is 149 Å². The van der Waals surface area contributed by atoms with E-state index >= 15 is 0 Å². The van der Waals surface area contributed by atoms with Crippen LogP contribution in [0.15, 0.2) is 36.4 Å². The van der Waals surface area contributed by atoms with Crippen LogP contribution in [0.5, 0.6) is 11.5 Å². The third-order valence-corrected chi connectivity index (χ3v) is 3.91. The monoisotopic (exact) mass is 367 g/mol. The first-order valence-electron chi connectivity index (χ1n) is 7.98. The highest BCUT2D eigenvalue weighted by molar-refractivity contribution is 5.69. The van der Waals surface area contributed by atoms with E-state index in [0.717, 1.165) is 23.3 Å². The number of benzene rings is 2. The van der Waals surface area contributed by atoms with Crippen molar-refractivity contribution in [3.63, 3.8) is 0 Å². The maximum atomic E-state index is 13.0. The Morgan fingerprint density at radius 1 is 1.12 bits per heavy atom. The van der Waals surface area contributed by atoms with Gasteiger partial charge >= 0.3 is 12.1 Å². The Hall–Kier alpha value is -2.54. The molecule has 0 spiro atoms. The summed E-state index contributed by atoms with van der Waals surface area (Å²) in [6.07, 6.45) is -3.71. The van der Waals surface area contributed by atoms with Gasteiger partial charge in [-0.25, -0.2) is 0 Å². The highest BCUT2D eigenvalue weighted by Gasteiger charge is 2.31. The summed E-state index contributed by atoms with van der Waals surface area (Å²) < 4.78 is 49.2. The molecule has 0 aliphatic rings. The van der Waals surface area contributed by atoms with Crippen molar-refractivity contribution < 1.29 is 27.4 Å². The fourth-order valence-electron chi connectivity index (χ4n) is 2.49. The lowest BCUT2D eigenvalue weighted by atomic mass is 10.0. The van der Waals surface area contributed by atoms with Gasteiger partial charge < -0.3 is 15.2 Å². The summed E-state index contributed by atoms with van der Waals surface area (Å²) in [6.45, 7) is 1.82. The summed E-state index contributed by atoms with van der Waals surface area (Å²) in [7, 11) is 1.33. The number of aryl methyl sites for hydroxylation is 2. The number of carbonyl (C=O) groups excluding carboxylic acids is 1. The molecule has 0 bridgehead atoms. The van der Waals surface area contributed by atoms with Gasteiger partial charge in [0.2, 0.25) is 0 Å². The van der Waals surface area contributed by atoms with Crippen LogP contribution in [-0.2, 0) is 28.7 Å². The summed E-state index contributed by atoms with van der Waals surface area (Å²) in [5, 5.41) is 0. The maximum Gasteiger partial charge on any atom is 0.416 e. The molecule has 0 fully saturated rings. The van der Waals surface area contributed by atoms with Gasteiger partial charge in [0.05, 0.1) is 12.7 Å². The molecule has 0 radical (unpaired) electrons. The molecule has 4 nitrogen and oxygen atoms in total.